The molecule has 7 nitrogen and oxygen atoms in total. The lowest BCUT2D eigenvalue weighted by Gasteiger charge is -2.35. The molecule has 2 heterocycles. The minimum atomic E-state index is -4.92. The molecule has 2 fully saturated rings. The van der Waals surface area contributed by atoms with E-state index in [1.54, 1.807) is 23.0 Å². The van der Waals surface area contributed by atoms with Crippen LogP contribution in [0.5, 0.6) is 0 Å². The topological polar surface area (TPSA) is 67.7 Å². The molecular formula is C31H37F3N4O3. The van der Waals surface area contributed by atoms with E-state index >= 15 is 0 Å². The monoisotopic (exact) mass is 570 g/mol. The molecule has 1 aliphatic carbocycles. The van der Waals surface area contributed by atoms with Crippen LogP contribution in [0, 0.1) is 11.8 Å². The largest absolute Gasteiger partial charge is 0.471 e. The number of piperidine rings is 1. The van der Waals surface area contributed by atoms with Crippen LogP contribution in [0.25, 0.3) is 5.57 Å². The van der Waals surface area contributed by atoms with Crippen molar-refractivity contribution in [3.05, 3.63) is 83.7 Å². The number of nitrogens with zero attached hydrogens (tertiary/aromatic N) is 4. The van der Waals surface area contributed by atoms with Crippen LogP contribution in [0.2, 0.25) is 0 Å². The minimum absolute atomic E-state index is 0.00971. The Morgan fingerprint density at radius 2 is 1.83 bits per heavy atom. The fraction of sp³-hybridized carbons (Fsp3) is 0.452. The van der Waals surface area contributed by atoms with Crippen LogP contribution in [0.3, 0.4) is 0 Å². The van der Waals surface area contributed by atoms with Crippen molar-refractivity contribution in [1.29, 1.82) is 0 Å². The summed E-state index contributed by atoms with van der Waals surface area (Å²) < 4.78 is 47.2. The van der Waals surface area contributed by atoms with Crippen molar-refractivity contribution in [2.75, 3.05) is 26.7 Å². The maximum absolute atomic E-state index is 13.6. The van der Waals surface area contributed by atoms with Crippen LogP contribution in [0.15, 0.2) is 67.0 Å². The SMILES string of the molecule is C=C(/C=C\C(=C/C)c1cnn(C)c1)[C@H]1CC1N(CC1CCN(Cc2ccc(C(=O)OC)cc2)CC1)C(=O)C(F)(F)F. The molecular weight excluding hydrogens is 533 g/mol. The molecule has 41 heavy (non-hydrogen) atoms. The Hall–Kier alpha value is -3.66. The van der Waals surface area contributed by atoms with Gasteiger partial charge in [-0.1, -0.05) is 36.9 Å². The van der Waals surface area contributed by atoms with Gasteiger partial charge in [0, 0.05) is 43.9 Å². The summed E-state index contributed by atoms with van der Waals surface area (Å²) in [4.78, 5) is 27.4. The lowest BCUT2D eigenvalue weighted by atomic mass is 9.95. The fourth-order valence-electron chi connectivity index (χ4n) is 5.43. The highest BCUT2D eigenvalue weighted by molar-refractivity contribution is 5.89. The maximum atomic E-state index is 13.6. The van der Waals surface area contributed by atoms with Gasteiger partial charge >= 0.3 is 18.1 Å². The predicted molar refractivity (Wildman–Crippen MR) is 151 cm³/mol. The van der Waals surface area contributed by atoms with Crippen molar-refractivity contribution in [3.63, 3.8) is 0 Å². The number of rotatable bonds is 10. The number of likely N-dealkylation sites (tertiary alicyclic amines) is 1. The summed E-state index contributed by atoms with van der Waals surface area (Å²) in [5, 5.41) is 4.18. The highest BCUT2D eigenvalue weighted by Crippen LogP contribution is 2.44. The molecule has 4 rings (SSSR count). The van der Waals surface area contributed by atoms with Crippen LogP contribution < -0.4 is 0 Å². The molecule has 10 heteroatoms. The van der Waals surface area contributed by atoms with Crippen LogP contribution in [0.1, 0.15) is 47.7 Å². The van der Waals surface area contributed by atoms with Crippen molar-refractivity contribution < 1.29 is 27.5 Å². The molecule has 1 aromatic carbocycles. The van der Waals surface area contributed by atoms with Crippen molar-refractivity contribution in [3.8, 4) is 0 Å². The van der Waals surface area contributed by atoms with Crippen molar-refractivity contribution >= 4 is 17.4 Å². The second-order valence-corrected chi connectivity index (χ2v) is 10.8. The molecule has 1 aliphatic heterocycles. The van der Waals surface area contributed by atoms with E-state index in [0.717, 1.165) is 34.7 Å². The van der Waals surface area contributed by atoms with E-state index in [9.17, 15) is 22.8 Å². The number of benzene rings is 1. The lowest BCUT2D eigenvalue weighted by Crippen LogP contribution is -2.47. The van der Waals surface area contributed by atoms with E-state index < -0.39 is 18.1 Å². The van der Waals surface area contributed by atoms with E-state index in [2.05, 4.69) is 16.6 Å². The van der Waals surface area contributed by atoms with E-state index in [-0.39, 0.29) is 24.3 Å². The molecule has 0 N–H and O–H groups in total. The van der Waals surface area contributed by atoms with E-state index in [1.807, 2.05) is 50.5 Å². The Bertz CT molecular complexity index is 1300. The second-order valence-electron chi connectivity index (χ2n) is 10.8. The zero-order valence-corrected chi connectivity index (χ0v) is 23.7. The Balaban J connectivity index is 1.33. The fourth-order valence-corrected chi connectivity index (χ4v) is 5.43. The number of carbonyl (C=O) groups is 2. The van der Waals surface area contributed by atoms with Gasteiger partial charge in [0.15, 0.2) is 0 Å². The van der Waals surface area contributed by atoms with Gasteiger partial charge < -0.3 is 9.64 Å². The molecule has 1 aromatic heterocycles. The highest BCUT2D eigenvalue weighted by atomic mass is 19.4. The number of amides is 1. The van der Waals surface area contributed by atoms with Crippen LogP contribution >= 0.6 is 0 Å². The van der Waals surface area contributed by atoms with E-state index in [1.165, 1.54) is 7.11 Å². The molecule has 1 saturated heterocycles. The number of halogens is 3. The standard InChI is InChI=1S/C31H37F3N4O3/c1-5-24(26-17-35-36(3)20-26)9-6-21(2)27-16-28(27)38(30(40)31(32,33)34)19-23-12-14-37(15-13-23)18-22-7-10-25(11-8-22)29(39)41-4/h5-11,17,20,23,27-28H,2,12-16,18-19H2,1,3-4H3/b9-6-,24-5+/t27-,28?/m1/s1. The first kappa shape index (κ1) is 30.3. The number of aromatic nitrogens is 2. The van der Waals surface area contributed by atoms with Gasteiger partial charge in [-0.3, -0.25) is 14.4 Å². The highest BCUT2D eigenvalue weighted by Gasteiger charge is 2.52. The van der Waals surface area contributed by atoms with Crippen molar-refractivity contribution in [1.82, 2.24) is 19.6 Å². The average molecular weight is 571 g/mol. The van der Waals surface area contributed by atoms with Gasteiger partial charge in [0.25, 0.3) is 0 Å². The van der Waals surface area contributed by atoms with Crippen LogP contribution in [-0.4, -0.2) is 70.4 Å². The number of ether oxygens (including phenoxy) is 1. The Kier molecular flexibility index (Phi) is 9.53. The summed E-state index contributed by atoms with van der Waals surface area (Å²) in [6.07, 6.45) is 6.27. The molecule has 1 saturated carbocycles. The van der Waals surface area contributed by atoms with Gasteiger partial charge in [0.05, 0.1) is 18.9 Å². The molecule has 220 valence electrons. The first-order chi connectivity index (χ1) is 19.5. The Morgan fingerprint density at radius 1 is 1.15 bits per heavy atom. The molecule has 1 unspecified atom stereocenters. The van der Waals surface area contributed by atoms with Crippen LogP contribution in [0.4, 0.5) is 13.2 Å². The molecule has 1 amide bonds. The predicted octanol–water partition coefficient (Wildman–Crippen LogP) is 5.41. The number of aryl methyl sites for hydroxylation is 1. The molecule has 0 radical (unpaired) electrons. The zero-order chi connectivity index (χ0) is 29.7. The molecule has 2 atom stereocenters. The Morgan fingerprint density at radius 3 is 2.39 bits per heavy atom. The number of allylic oxidation sites excluding steroid dienone is 4. The summed E-state index contributed by atoms with van der Waals surface area (Å²) >= 11 is 0. The average Bonchev–Trinajstić information content (AvgIpc) is 3.64. The zero-order valence-electron chi connectivity index (χ0n) is 23.7. The van der Waals surface area contributed by atoms with Gasteiger partial charge in [-0.25, -0.2) is 4.79 Å². The number of alkyl halides is 3. The lowest BCUT2D eigenvalue weighted by molar-refractivity contribution is -0.187. The third-order valence-electron chi connectivity index (χ3n) is 7.91. The van der Waals surface area contributed by atoms with Crippen molar-refractivity contribution in [2.45, 2.75) is 44.9 Å². The minimum Gasteiger partial charge on any atom is -0.465 e. The Labute approximate surface area is 238 Å². The maximum Gasteiger partial charge on any atom is 0.471 e. The normalized spacial score (nSPS) is 20.3. The third kappa shape index (κ3) is 7.75. The quantitative estimate of drug-likeness (QED) is 0.282. The van der Waals surface area contributed by atoms with Gasteiger partial charge in [-0.15, -0.1) is 0 Å². The molecule has 0 spiro atoms. The smallest absolute Gasteiger partial charge is 0.465 e. The summed E-state index contributed by atoms with van der Waals surface area (Å²) in [6, 6.07) is 6.71. The summed E-state index contributed by atoms with van der Waals surface area (Å²) in [7, 11) is 3.17. The molecule has 2 aliphatic rings. The van der Waals surface area contributed by atoms with E-state index in [0.29, 0.717) is 36.9 Å². The number of carbonyl (C=O) groups excluding carboxylic acids is 2. The van der Waals surface area contributed by atoms with Gasteiger partial charge in [0.2, 0.25) is 0 Å². The number of methoxy groups -OCH3 is 1. The van der Waals surface area contributed by atoms with Gasteiger partial charge in [0.1, 0.15) is 0 Å². The third-order valence-corrected chi connectivity index (χ3v) is 7.91. The first-order valence-electron chi connectivity index (χ1n) is 13.8. The number of hydrogen-bond acceptors (Lipinski definition) is 5. The summed E-state index contributed by atoms with van der Waals surface area (Å²) in [5.41, 5.74) is 4.11. The van der Waals surface area contributed by atoms with Crippen LogP contribution in [-0.2, 0) is 23.1 Å². The van der Waals surface area contributed by atoms with E-state index in [4.69, 9.17) is 4.74 Å². The molecule has 0 bridgehead atoms. The van der Waals surface area contributed by atoms with Crippen molar-refractivity contribution in [2.24, 2.45) is 18.9 Å². The summed E-state index contributed by atoms with van der Waals surface area (Å²) in [5.74, 6) is -2.36. The number of esters is 1. The summed E-state index contributed by atoms with van der Waals surface area (Å²) in [6.45, 7) is 8.24. The van der Waals surface area contributed by atoms with Gasteiger partial charge in [-0.2, -0.15) is 18.3 Å². The molecule has 2 aromatic rings. The number of hydrogen-bond donors (Lipinski definition) is 0. The van der Waals surface area contributed by atoms with Gasteiger partial charge in [-0.05, 0) is 74.0 Å². The second kappa shape index (κ2) is 12.9. The first-order valence-corrected chi connectivity index (χ1v) is 13.8.